The lowest BCUT2D eigenvalue weighted by molar-refractivity contribution is 0.164. The Kier molecular flexibility index (Phi) is 3.41. The lowest BCUT2D eigenvalue weighted by Crippen LogP contribution is -2.32. The SMILES string of the molecule is CC=C1CN(Cc2cccs2)C2=C(CCCC2)O1. The van der Waals surface area contributed by atoms with E-state index in [1.165, 1.54) is 35.6 Å². The second kappa shape index (κ2) is 5.19. The van der Waals surface area contributed by atoms with Crippen molar-refractivity contribution in [3.05, 3.63) is 45.7 Å². The minimum atomic E-state index is 0.924. The van der Waals surface area contributed by atoms with E-state index in [2.05, 4.69) is 35.4 Å². The normalized spacial score (nSPS) is 22.1. The third kappa shape index (κ3) is 2.32. The van der Waals surface area contributed by atoms with Gasteiger partial charge < -0.3 is 9.64 Å². The molecule has 18 heavy (non-hydrogen) atoms. The monoisotopic (exact) mass is 261 g/mol. The van der Waals surface area contributed by atoms with E-state index in [4.69, 9.17) is 4.74 Å². The van der Waals surface area contributed by atoms with Crippen molar-refractivity contribution in [3.63, 3.8) is 0 Å². The number of thiophene rings is 1. The van der Waals surface area contributed by atoms with E-state index in [1.807, 2.05) is 11.3 Å². The second-order valence-electron chi connectivity index (χ2n) is 4.87. The largest absolute Gasteiger partial charge is 0.463 e. The molecule has 0 saturated heterocycles. The van der Waals surface area contributed by atoms with Crippen molar-refractivity contribution in [1.29, 1.82) is 0 Å². The molecular formula is C15H19NOS. The van der Waals surface area contributed by atoms with Gasteiger partial charge in [0, 0.05) is 11.3 Å². The van der Waals surface area contributed by atoms with Crippen LogP contribution in [-0.4, -0.2) is 11.4 Å². The summed E-state index contributed by atoms with van der Waals surface area (Å²) in [6.45, 7) is 4.01. The van der Waals surface area contributed by atoms with Crippen molar-refractivity contribution in [3.8, 4) is 0 Å². The first-order valence-electron chi connectivity index (χ1n) is 6.69. The van der Waals surface area contributed by atoms with E-state index < -0.39 is 0 Å². The van der Waals surface area contributed by atoms with Gasteiger partial charge in [0.1, 0.15) is 11.5 Å². The van der Waals surface area contributed by atoms with Gasteiger partial charge in [0.05, 0.1) is 18.8 Å². The molecule has 0 atom stereocenters. The van der Waals surface area contributed by atoms with Gasteiger partial charge in [-0.25, -0.2) is 0 Å². The maximum atomic E-state index is 5.99. The van der Waals surface area contributed by atoms with Crippen LogP contribution in [0.25, 0.3) is 0 Å². The van der Waals surface area contributed by atoms with E-state index >= 15 is 0 Å². The average molecular weight is 261 g/mol. The Morgan fingerprint density at radius 3 is 3.06 bits per heavy atom. The first kappa shape index (κ1) is 11.8. The Bertz CT molecular complexity index is 473. The molecule has 2 nitrogen and oxygen atoms in total. The predicted molar refractivity (Wildman–Crippen MR) is 75.1 cm³/mol. The van der Waals surface area contributed by atoms with Crippen molar-refractivity contribution >= 4 is 11.3 Å². The second-order valence-corrected chi connectivity index (χ2v) is 5.90. The fourth-order valence-corrected chi connectivity index (χ4v) is 3.39. The molecule has 3 heteroatoms. The summed E-state index contributed by atoms with van der Waals surface area (Å²) in [7, 11) is 0. The van der Waals surface area contributed by atoms with Crippen molar-refractivity contribution < 1.29 is 4.74 Å². The van der Waals surface area contributed by atoms with Crippen LogP contribution < -0.4 is 0 Å². The quantitative estimate of drug-likeness (QED) is 0.788. The maximum Gasteiger partial charge on any atom is 0.123 e. The summed E-state index contributed by atoms with van der Waals surface area (Å²) in [5.41, 5.74) is 1.44. The predicted octanol–water partition coefficient (Wildman–Crippen LogP) is 4.27. The number of ether oxygens (including phenoxy) is 1. The van der Waals surface area contributed by atoms with Crippen molar-refractivity contribution in [2.45, 2.75) is 39.2 Å². The summed E-state index contributed by atoms with van der Waals surface area (Å²) < 4.78 is 5.99. The minimum Gasteiger partial charge on any atom is -0.463 e. The molecule has 1 aliphatic heterocycles. The third-order valence-corrected chi connectivity index (χ3v) is 4.48. The molecule has 0 saturated carbocycles. The Labute approximate surface area is 113 Å². The van der Waals surface area contributed by atoms with Gasteiger partial charge in [0.15, 0.2) is 0 Å². The average Bonchev–Trinajstić information content (AvgIpc) is 2.91. The molecule has 1 aromatic heterocycles. The zero-order valence-corrected chi connectivity index (χ0v) is 11.6. The molecule has 3 rings (SSSR count). The molecular weight excluding hydrogens is 242 g/mol. The van der Waals surface area contributed by atoms with Crippen LogP contribution in [0.15, 0.2) is 40.8 Å². The summed E-state index contributed by atoms with van der Waals surface area (Å²) in [5.74, 6) is 2.32. The Morgan fingerprint density at radius 1 is 1.39 bits per heavy atom. The Balaban J connectivity index is 1.86. The van der Waals surface area contributed by atoms with Crippen molar-refractivity contribution in [1.82, 2.24) is 4.90 Å². The summed E-state index contributed by atoms with van der Waals surface area (Å²) in [6, 6.07) is 4.35. The Hall–Kier alpha value is -1.22. The van der Waals surface area contributed by atoms with Crippen molar-refractivity contribution in [2.75, 3.05) is 6.54 Å². The number of allylic oxidation sites excluding steroid dienone is 3. The first-order valence-corrected chi connectivity index (χ1v) is 7.57. The highest BCUT2D eigenvalue weighted by atomic mass is 32.1. The summed E-state index contributed by atoms with van der Waals surface area (Å²) >= 11 is 1.84. The van der Waals surface area contributed by atoms with Gasteiger partial charge in [0.2, 0.25) is 0 Å². The van der Waals surface area contributed by atoms with Crippen LogP contribution in [0.2, 0.25) is 0 Å². The number of hydrogen-bond acceptors (Lipinski definition) is 3. The van der Waals surface area contributed by atoms with Crippen LogP contribution in [-0.2, 0) is 11.3 Å². The standard InChI is InChI=1S/C15H19NOS/c1-2-12-10-16(11-13-6-5-9-18-13)14-7-3-4-8-15(14)17-12/h2,5-6,9H,3-4,7-8,10-11H2,1H3. The van der Waals surface area contributed by atoms with Gasteiger partial charge in [-0.3, -0.25) is 0 Å². The molecule has 0 fully saturated rings. The first-order chi connectivity index (χ1) is 8.86. The molecule has 0 bridgehead atoms. The van der Waals surface area contributed by atoms with E-state index in [0.29, 0.717) is 0 Å². The summed E-state index contributed by atoms with van der Waals surface area (Å²) in [6.07, 6.45) is 6.95. The van der Waals surface area contributed by atoms with Gasteiger partial charge >= 0.3 is 0 Å². The molecule has 0 unspecified atom stereocenters. The fourth-order valence-electron chi connectivity index (χ4n) is 2.67. The molecule has 1 aliphatic carbocycles. The molecule has 2 heterocycles. The third-order valence-electron chi connectivity index (χ3n) is 3.62. The number of rotatable bonds is 2. The van der Waals surface area contributed by atoms with Gasteiger partial charge in [0.25, 0.3) is 0 Å². The van der Waals surface area contributed by atoms with Gasteiger partial charge in [-0.1, -0.05) is 6.07 Å². The lowest BCUT2D eigenvalue weighted by Gasteiger charge is -2.37. The minimum absolute atomic E-state index is 0.924. The van der Waals surface area contributed by atoms with Gasteiger partial charge in [-0.15, -0.1) is 11.3 Å². The zero-order valence-electron chi connectivity index (χ0n) is 10.8. The topological polar surface area (TPSA) is 12.5 Å². The molecule has 0 aromatic carbocycles. The van der Waals surface area contributed by atoms with E-state index in [0.717, 1.165) is 25.3 Å². The highest BCUT2D eigenvalue weighted by Gasteiger charge is 2.26. The molecule has 0 N–H and O–H groups in total. The molecule has 0 amide bonds. The van der Waals surface area contributed by atoms with E-state index in [1.54, 1.807) is 0 Å². The summed E-state index contributed by atoms with van der Waals surface area (Å²) in [5, 5.41) is 2.16. The van der Waals surface area contributed by atoms with Crippen LogP contribution in [0.5, 0.6) is 0 Å². The van der Waals surface area contributed by atoms with Crippen LogP contribution >= 0.6 is 11.3 Å². The Morgan fingerprint density at radius 2 is 2.28 bits per heavy atom. The molecule has 0 spiro atoms. The number of hydrogen-bond donors (Lipinski definition) is 0. The van der Waals surface area contributed by atoms with Crippen LogP contribution in [0.3, 0.4) is 0 Å². The van der Waals surface area contributed by atoms with Crippen molar-refractivity contribution in [2.24, 2.45) is 0 Å². The van der Waals surface area contributed by atoms with Crippen LogP contribution in [0, 0.1) is 0 Å². The van der Waals surface area contributed by atoms with Crippen LogP contribution in [0.1, 0.15) is 37.5 Å². The summed E-state index contributed by atoms with van der Waals surface area (Å²) in [4.78, 5) is 3.93. The smallest absolute Gasteiger partial charge is 0.123 e. The number of nitrogens with zero attached hydrogens (tertiary/aromatic N) is 1. The maximum absolute atomic E-state index is 5.99. The lowest BCUT2D eigenvalue weighted by atomic mass is 10.00. The van der Waals surface area contributed by atoms with Gasteiger partial charge in [-0.2, -0.15) is 0 Å². The highest BCUT2D eigenvalue weighted by molar-refractivity contribution is 7.09. The van der Waals surface area contributed by atoms with E-state index in [9.17, 15) is 0 Å². The highest BCUT2D eigenvalue weighted by Crippen LogP contribution is 2.35. The van der Waals surface area contributed by atoms with Crippen LogP contribution in [0.4, 0.5) is 0 Å². The fraction of sp³-hybridized carbons (Fsp3) is 0.467. The molecule has 96 valence electrons. The van der Waals surface area contributed by atoms with Gasteiger partial charge in [-0.05, 0) is 43.7 Å². The van der Waals surface area contributed by atoms with E-state index in [-0.39, 0.29) is 0 Å². The zero-order chi connectivity index (χ0) is 12.4. The molecule has 2 aliphatic rings. The molecule has 0 radical (unpaired) electrons. The molecule has 1 aromatic rings.